The summed E-state index contributed by atoms with van der Waals surface area (Å²) in [4.78, 5) is 23.0. The predicted molar refractivity (Wildman–Crippen MR) is 80.5 cm³/mol. The Morgan fingerprint density at radius 2 is 1.73 bits per heavy atom. The zero-order chi connectivity index (χ0) is 16.1. The lowest BCUT2D eigenvalue weighted by molar-refractivity contribution is -0.114. The Morgan fingerprint density at radius 3 is 2.36 bits per heavy atom. The minimum Gasteiger partial charge on any atom is -0.493 e. The van der Waals surface area contributed by atoms with Crippen LogP contribution in [0.4, 0.5) is 11.6 Å². The highest BCUT2D eigenvalue weighted by Crippen LogP contribution is 2.30. The van der Waals surface area contributed by atoms with Crippen LogP contribution in [0.15, 0.2) is 34.7 Å². The smallest absolute Gasteiger partial charge is 0.291 e. The number of nitrogens with one attached hydrogen (secondary N) is 2. The molecule has 1 aromatic carbocycles. The van der Waals surface area contributed by atoms with Crippen LogP contribution in [0.5, 0.6) is 11.5 Å². The fraction of sp³-hybridized carbons (Fsp3) is 0.200. The van der Waals surface area contributed by atoms with E-state index in [9.17, 15) is 9.59 Å². The highest BCUT2D eigenvalue weighted by Gasteiger charge is 2.13. The molecule has 22 heavy (non-hydrogen) atoms. The average molecular weight is 304 g/mol. The standard InChI is InChI=1S/C15H16N2O5/c1-9(18)16-14-7-6-12(22-14)15(19)17-10-4-5-11(20-2)13(8-10)21-3/h4-8H,1-3H3,(H,16,18)(H,17,19). The number of methoxy groups -OCH3 is 2. The van der Waals surface area contributed by atoms with Gasteiger partial charge in [-0.2, -0.15) is 0 Å². The summed E-state index contributed by atoms with van der Waals surface area (Å²) in [5, 5.41) is 5.13. The summed E-state index contributed by atoms with van der Waals surface area (Å²) in [6.45, 7) is 1.35. The van der Waals surface area contributed by atoms with Crippen molar-refractivity contribution < 1.29 is 23.5 Å². The van der Waals surface area contributed by atoms with E-state index in [1.54, 1.807) is 18.2 Å². The molecule has 0 bridgehead atoms. The molecule has 2 N–H and O–H groups in total. The molecule has 0 aliphatic rings. The molecule has 0 spiro atoms. The lowest BCUT2D eigenvalue weighted by atomic mass is 10.2. The van der Waals surface area contributed by atoms with Gasteiger partial charge in [-0.3, -0.25) is 14.9 Å². The normalized spacial score (nSPS) is 9.95. The first-order valence-electron chi connectivity index (χ1n) is 6.44. The topological polar surface area (TPSA) is 89.8 Å². The summed E-state index contributed by atoms with van der Waals surface area (Å²) >= 11 is 0. The van der Waals surface area contributed by atoms with Gasteiger partial charge in [-0.05, 0) is 18.2 Å². The van der Waals surface area contributed by atoms with Gasteiger partial charge in [0.2, 0.25) is 5.91 Å². The van der Waals surface area contributed by atoms with Crippen molar-refractivity contribution in [2.24, 2.45) is 0 Å². The first-order chi connectivity index (χ1) is 10.5. The molecule has 7 heteroatoms. The van der Waals surface area contributed by atoms with E-state index >= 15 is 0 Å². The van der Waals surface area contributed by atoms with E-state index < -0.39 is 5.91 Å². The molecular formula is C15H16N2O5. The second-order valence-corrected chi connectivity index (χ2v) is 4.37. The monoisotopic (exact) mass is 304 g/mol. The number of ether oxygens (including phenoxy) is 2. The van der Waals surface area contributed by atoms with Crippen LogP contribution in [0.2, 0.25) is 0 Å². The van der Waals surface area contributed by atoms with E-state index in [2.05, 4.69) is 10.6 Å². The van der Waals surface area contributed by atoms with Gasteiger partial charge in [0, 0.05) is 24.7 Å². The quantitative estimate of drug-likeness (QED) is 0.886. The lowest BCUT2D eigenvalue weighted by Gasteiger charge is -2.09. The molecule has 0 saturated heterocycles. The third-order valence-corrected chi connectivity index (χ3v) is 2.77. The SMILES string of the molecule is COc1ccc(NC(=O)c2ccc(NC(C)=O)o2)cc1OC. The molecule has 0 fully saturated rings. The minimum absolute atomic E-state index is 0.0820. The van der Waals surface area contributed by atoms with Crippen molar-refractivity contribution in [1.29, 1.82) is 0 Å². The fourth-order valence-corrected chi connectivity index (χ4v) is 1.81. The van der Waals surface area contributed by atoms with E-state index in [1.165, 1.54) is 33.3 Å². The third kappa shape index (κ3) is 3.57. The maximum Gasteiger partial charge on any atom is 0.291 e. The Labute approximate surface area is 127 Å². The molecule has 0 saturated carbocycles. The van der Waals surface area contributed by atoms with Crippen LogP contribution in [0, 0.1) is 0 Å². The fourth-order valence-electron chi connectivity index (χ4n) is 1.81. The summed E-state index contributed by atoms with van der Waals surface area (Å²) in [6, 6.07) is 7.97. The van der Waals surface area contributed by atoms with E-state index in [1.807, 2.05) is 0 Å². The summed E-state index contributed by atoms with van der Waals surface area (Å²) in [5.74, 6) is 0.638. The second-order valence-electron chi connectivity index (χ2n) is 4.37. The van der Waals surface area contributed by atoms with Crippen molar-refractivity contribution in [2.75, 3.05) is 24.9 Å². The van der Waals surface area contributed by atoms with Gasteiger partial charge in [-0.25, -0.2) is 0 Å². The summed E-state index contributed by atoms with van der Waals surface area (Å²) in [6.07, 6.45) is 0. The van der Waals surface area contributed by atoms with E-state index in [4.69, 9.17) is 13.9 Å². The van der Waals surface area contributed by atoms with Crippen LogP contribution >= 0.6 is 0 Å². The van der Waals surface area contributed by atoms with E-state index in [0.717, 1.165) is 0 Å². The maximum atomic E-state index is 12.1. The number of hydrogen-bond acceptors (Lipinski definition) is 5. The Morgan fingerprint density at radius 1 is 1.00 bits per heavy atom. The molecular weight excluding hydrogens is 288 g/mol. The molecule has 0 radical (unpaired) electrons. The van der Waals surface area contributed by atoms with Crippen molar-refractivity contribution >= 4 is 23.4 Å². The van der Waals surface area contributed by atoms with Crippen molar-refractivity contribution in [1.82, 2.24) is 0 Å². The van der Waals surface area contributed by atoms with Crippen molar-refractivity contribution in [3.05, 3.63) is 36.1 Å². The molecule has 2 amide bonds. The summed E-state index contributed by atoms with van der Waals surface area (Å²) in [7, 11) is 3.04. The predicted octanol–water partition coefficient (Wildman–Crippen LogP) is 2.51. The van der Waals surface area contributed by atoms with Gasteiger partial charge in [0.25, 0.3) is 5.91 Å². The number of rotatable bonds is 5. The Bertz CT molecular complexity index is 693. The molecule has 1 heterocycles. The number of hydrogen-bond donors (Lipinski definition) is 2. The lowest BCUT2D eigenvalue weighted by Crippen LogP contribution is -2.11. The molecule has 1 aromatic heterocycles. The third-order valence-electron chi connectivity index (χ3n) is 2.77. The van der Waals surface area contributed by atoms with E-state index in [-0.39, 0.29) is 17.6 Å². The Hall–Kier alpha value is -2.96. The van der Waals surface area contributed by atoms with Crippen LogP contribution in [0.1, 0.15) is 17.5 Å². The summed E-state index contributed by atoms with van der Waals surface area (Å²) < 4.78 is 15.5. The van der Waals surface area contributed by atoms with Gasteiger partial charge in [0.15, 0.2) is 23.1 Å². The molecule has 0 aliphatic heterocycles. The Kier molecular flexibility index (Phi) is 4.67. The minimum atomic E-state index is -0.441. The number of carbonyl (C=O) groups excluding carboxylic acids is 2. The number of carbonyl (C=O) groups is 2. The number of benzene rings is 1. The molecule has 7 nitrogen and oxygen atoms in total. The summed E-state index contributed by atoms with van der Waals surface area (Å²) in [5.41, 5.74) is 0.528. The van der Waals surface area contributed by atoms with Crippen LogP contribution < -0.4 is 20.1 Å². The highest BCUT2D eigenvalue weighted by atomic mass is 16.5. The molecule has 2 rings (SSSR count). The van der Waals surface area contributed by atoms with Gasteiger partial charge in [-0.15, -0.1) is 0 Å². The van der Waals surface area contributed by atoms with Crippen LogP contribution in [0.25, 0.3) is 0 Å². The highest BCUT2D eigenvalue weighted by molar-refractivity contribution is 6.03. The van der Waals surface area contributed by atoms with Crippen LogP contribution in [-0.4, -0.2) is 26.0 Å². The zero-order valence-corrected chi connectivity index (χ0v) is 12.4. The van der Waals surface area contributed by atoms with Gasteiger partial charge in [-0.1, -0.05) is 0 Å². The van der Waals surface area contributed by atoms with Gasteiger partial charge < -0.3 is 19.2 Å². The first-order valence-corrected chi connectivity index (χ1v) is 6.44. The number of furan rings is 1. The average Bonchev–Trinajstić information content (AvgIpc) is 2.94. The van der Waals surface area contributed by atoms with Crippen molar-refractivity contribution in [3.8, 4) is 11.5 Å². The molecule has 0 aliphatic carbocycles. The van der Waals surface area contributed by atoms with E-state index in [0.29, 0.717) is 17.2 Å². The number of amides is 2. The van der Waals surface area contributed by atoms with Crippen molar-refractivity contribution in [3.63, 3.8) is 0 Å². The van der Waals surface area contributed by atoms with Crippen molar-refractivity contribution in [2.45, 2.75) is 6.92 Å². The second kappa shape index (κ2) is 6.66. The van der Waals surface area contributed by atoms with Gasteiger partial charge in [0.05, 0.1) is 14.2 Å². The largest absolute Gasteiger partial charge is 0.493 e. The Balaban J connectivity index is 2.11. The maximum absolute atomic E-state index is 12.1. The van der Waals surface area contributed by atoms with Crippen LogP contribution in [0.3, 0.4) is 0 Å². The van der Waals surface area contributed by atoms with Gasteiger partial charge >= 0.3 is 0 Å². The first kappa shape index (κ1) is 15.4. The molecule has 116 valence electrons. The molecule has 2 aromatic rings. The molecule has 0 unspecified atom stereocenters. The van der Waals surface area contributed by atoms with Crippen LogP contribution in [-0.2, 0) is 4.79 Å². The number of anilines is 2. The van der Waals surface area contributed by atoms with Gasteiger partial charge in [0.1, 0.15) is 0 Å². The zero-order valence-electron chi connectivity index (χ0n) is 12.4. The molecule has 0 atom stereocenters.